The van der Waals surface area contributed by atoms with Crippen molar-refractivity contribution in [3.8, 4) is 0 Å². The third-order valence-electron chi connectivity index (χ3n) is 1.97. The molecule has 0 spiro atoms. The van der Waals surface area contributed by atoms with Crippen molar-refractivity contribution in [2.75, 3.05) is 6.61 Å². The summed E-state index contributed by atoms with van der Waals surface area (Å²) in [6.45, 7) is 1.99. The largest absolute Gasteiger partial charge is 0.459 e. The number of carbonyl (C=O) groups excluding carboxylic acids is 1. The molecule has 0 aromatic carbocycles. The van der Waals surface area contributed by atoms with Crippen LogP contribution in [0.2, 0.25) is 0 Å². The van der Waals surface area contributed by atoms with Crippen LogP contribution < -0.4 is 0 Å². The number of esters is 1. The molecule has 0 radical (unpaired) electrons. The van der Waals surface area contributed by atoms with Gasteiger partial charge in [0.2, 0.25) is 0 Å². The number of rotatable bonds is 5. The molecule has 2 heterocycles. The van der Waals surface area contributed by atoms with E-state index in [0.29, 0.717) is 11.0 Å². The third kappa shape index (κ3) is 3.10. The number of ether oxygens (including phenoxy) is 1. The van der Waals surface area contributed by atoms with Gasteiger partial charge < -0.3 is 9.15 Å². The Bertz CT molecular complexity index is 537. The van der Waals surface area contributed by atoms with Crippen LogP contribution in [0, 0.1) is 0 Å². The number of nitrogens with zero attached hydrogens (tertiary/aromatic N) is 4. The van der Waals surface area contributed by atoms with Crippen LogP contribution in [0.3, 0.4) is 0 Å². The number of thioether (sulfide) groups is 1. The van der Waals surface area contributed by atoms with Gasteiger partial charge in [-0.1, -0.05) is 16.9 Å². The lowest BCUT2D eigenvalue weighted by molar-refractivity contribution is 0.0475. The van der Waals surface area contributed by atoms with Crippen molar-refractivity contribution in [1.29, 1.82) is 0 Å². The van der Waals surface area contributed by atoms with Gasteiger partial charge in [0, 0.05) is 19.0 Å². The van der Waals surface area contributed by atoms with E-state index in [1.807, 2.05) is 19.3 Å². The third-order valence-corrected chi connectivity index (χ3v) is 2.82. The van der Waals surface area contributed by atoms with Gasteiger partial charge in [-0.05, 0) is 13.0 Å². The first-order valence-electron chi connectivity index (χ1n) is 5.31. The number of aromatic nitrogens is 4. The molecule has 0 fully saturated rings. The second kappa shape index (κ2) is 5.67. The molecule has 0 aliphatic carbocycles. The van der Waals surface area contributed by atoms with Crippen LogP contribution in [0.5, 0.6) is 0 Å². The molecule has 2 aromatic rings. The molecule has 0 saturated heterocycles. The first kappa shape index (κ1) is 12.6. The summed E-state index contributed by atoms with van der Waals surface area (Å²) in [5.41, 5.74) is 0.901. The summed E-state index contributed by atoms with van der Waals surface area (Å²) in [4.78, 5) is 11.3. The quantitative estimate of drug-likeness (QED) is 0.596. The second-order valence-electron chi connectivity index (χ2n) is 3.36. The Hall–Kier alpha value is -1.83. The molecule has 0 aliphatic rings. The van der Waals surface area contributed by atoms with Crippen LogP contribution in [0.1, 0.15) is 23.3 Å². The van der Waals surface area contributed by atoms with Crippen LogP contribution >= 0.6 is 11.8 Å². The molecule has 0 atom stereocenters. The minimum absolute atomic E-state index is 0.125. The van der Waals surface area contributed by atoms with Gasteiger partial charge in [0.05, 0.1) is 12.3 Å². The van der Waals surface area contributed by atoms with E-state index >= 15 is 0 Å². The number of hydrogen-bond donors (Lipinski definition) is 0. The van der Waals surface area contributed by atoms with Gasteiger partial charge in [0.25, 0.3) is 5.22 Å². The SMILES string of the molecule is CCOC(=O)c1nnc(SCc2ccn(C)n2)o1. The van der Waals surface area contributed by atoms with Crippen LogP contribution in [0.15, 0.2) is 21.9 Å². The Labute approximate surface area is 108 Å². The lowest BCUT2D eigenvalue weighted by atomic mass is 10.5. The molecule has 0 N–H and O–H groups in total. The molecule has 0 bridgehead atoms. The average molecular weight is 268 g/mol. The summed E-state index contributed by atoms with van der Waals surface area (Å²) >= 11 is 1.32. The van der Waals surface area contributed by atoms with Crippen molar-refractivity contribution >= 4 is 17.7 Å². The predicted molar refractivity (Wildman–Crippen MR) is 63.0 cm³/mol. The smallest absolute Gasteiger partial charge is 0.396 e. The Morgan fingerprint density at radius 2 is 2.39 bits per heavy atom. The van der Waals surface area contributed by atoms with E-state index in [0.717, 1.165) is 5.69 Å². The maximum absolute atomic E-state index is 11.3. The Morgan fingerprint density at radius 3 is 3.06 bits per heavy atom. The predicted octanol–water partition coefficient (Wildman–Crippen LogP) is 1.27. The maximum Gasteiger partial charge on any atom is 0.396 e. The van der Waals surface area contributed by atoms with Gasteiger partial charge in [-0.3, -0.25) is 4.68 Å². The van der Waals surface area contributed by atoms with Gasteiger partial charge in [0.15, 0.2) is 0 Å². The first-order chi connectivity index (χ1) is 8.69. The van der Waals surface area contributed by atoms with Gasteiger partial charge in [-0.2, -0.15) is 5.10 Å². The maximum atomic E-state index is 11.3. The minimum atomic E-state index is -0.602. The number of aryl methyl sites for hydroxylation is 1. The van der Waals surface area contributed by atoms with E-state index in [-0.39, 0.29) is 12.5 Å². The number of carbonyl (C=O) groups is 1. The lowest BCUT2D eigenvalue weighted by Gasteiger charge is -1.94. The second-order valence-corrected chi connectivity index (χ2v) is 4.29. The molecule has 2 aromatic heterocycles. The van der Waals surface area contributed by atoms with E-state index in [2.05, 4.69) is 15.3 Å². The summed E-state index contributed by atoms with van der Waals surface area (Å²) in [5.74, 6) is -0.124. The summed E-state index contributed by atoms with van der Waals surface area (Å²) in [5, 5.41) is 11.9. The summed E-state index contributed by atoms with van der Waals surface area (Å²) in [6.07, 6.45) is 1.85. The molecule has 2 rings (SSSR count). The van der Waals surface area contributed by atoms with Crippen LogP contribution in [-0.2, 0) is 17.5 Å². The van der Waals surface area contributed by atoms with Crippen molar-refractivity contribution in [1.82, 2.24) is 20.0 Å². The fourth-order valence-electron chi connectivity index (χ4n) is 1.22. The molecular weight excluding hydrogens is 256 g/mol. The Morgan fingerprint density at radius 1 is 1.56 bits per heavy atom. The van der Waals surface area contributed by atoms with E-state index in [9.17, 15) is 4.79 Å². The highest BCUT2D eigenvalue weighted by Gasteiger charge is 2.16. The van der Waals surface area contributed by atoms with E-state index in [4.69, 9.17) is 9.15 Å². The van der Waals surface area contributed by atoms with Crippen molar-refractivity contribution in [3.63, 3.8) is 0 Å². The fraction of sp³-hybridized carbons (Fsp3) is 0.400. The highest BCUT2D eigenvalue weighted by atomic mass is 32.2. The van der Waals surface area contributed by atoms with Gasteiger partial charge in [0.1, 0.15) is 0 Å². The lowest BCUT2D eigenvalue weighted by Crippen LogP contribution is -2.04. The Balaban J connectivity index is 1.92. The molecule has 0 saturated carbocycles. The van der Waals surface area contributed by atoms with E-state index in [1.54, 1.807) is 11.6 Å². The Kier molecular flexibility index (Phi) is 3.98. The van der Waals surface area contributed by atoms with Crippen LogP contribution in [0.4, 0.5) is 0 Å². The summed E-state index contributed by atoms with van der Waals surface area (Å²) < 4.78 is 11.6. The van der Waals surface area contributed by atoms with Gasteiger partial charge >= 0.3 is 11.9 Å². The zero-order valence-corrected chi connectivity index (χ0v) is 10.8. The van der Waals surface area contributed by atoms with Crippen LogP contribution in [0.25, 0.3) is 0 Å². The molecule has 8 heteroatoms. The molecule has 0 amide bonds. The van der Waals surface area contributed by atoms with Crippen molar-refractivity contribution in [3.05, 3.63) is 23.8 Å². The molecule has 0 aliphatic heterocycles. The molecular formula is C10H12N4O3S. The van der Waals surface area contributed by atoms with E-state index < -0.39 is 5.97 Å². The molecule has 0 unspecified atom stereocenters. The highest BCUT2D eigenvalue weighted by molar-refractivity contribution is 7.98. The molecule has 18 heavy (non-hydrogen) atoms. The fourth-order valence-corrected chi connectivity index (χ4v) is 1.88. The number of hydrogen-bond acceptors (Lipinski definition) is 7. The van der Waals surface area contributed by atoms with Crippen molar-refractivity contribution < 1.29 is 13.9 Å². The first-order valence-corrected chi connectivity index (χ1v) is 6.29. The average Bonchev–Trinajstić information content (AvgIpc) is 2.95. The van der Waals surface area contributed by atoms with Gasteiger partial charge in [-0.25, -0.2) is 4.79 Å². The molecule has 96 valence electrons. The topological polar surface area (TPSA) is 83.0 Å². The standard InChI is InChI=1S/C10H12N4O3S/c1-3-16-9(15)8-11-12-10(17-8)18-6-7-4-5-14(2)13-7/h4-5H,3,6H2,1-2H3. The summed E-state index contributed by atoms with van der Waals surface area (Å²) in [7, 11) is 1.85. The molecule has 7 nitrogen and oxygen atoms in total. The highest BCUT2D eigenvalue weighted by Crippen LogP contribution is 2.20. The summed E-state index contributed by atoms with van der Waals surface area (Å²) in [6, 6.07) is 1.90. The minimum Gasteiger partial charge on any atom is -0.459 e. The zero-order chi connectivity index (χ0) is 13.0. The normalized spacial score (nSPS) is 10.6. The van der Waals surface area contributed by atoms with Gasteiger partial charge in [-0.15, -0.1) is 5.10 Å². The van der Waals surface area contributed by atoms with Crippen LogP contribution in [-0.4, -0.2) is 32.6 Å². The monoisotopic (exact) mass is 268 g/mol. The van der Waals surface area contributed by atoms with Crippen molar-refractivity contribution in [2.45, 2.75) is 17.9 Å². The van der Waals surface area contributed by atoms with E-state index in [1.165, 1.54) is 11.8 Å². The zero-order valence-electron chi connectivity index (χ0n) is 9.99. The van der Waals surface area contributed by atoms with Crippen molar-refractivity contribution in [2.24, 2.45) is 7.05 Å².